The highest BCUT2D eigenvalue weighted by Crippen LogP contribution is 2.51. The number of halogens is 1. The third kappa shape index (κ3) is 3.76. The number of carbonyl (C=O) groups is 1. The number of carbonyl (C=O) groups excluding carboxylic acids is 1. The van der Waals surface area contributed by atoms with E-state index in [-0.39, 0.29) is 35.6 Å². The van der Waals surface area contributed by atoms with Crippen LogP contribution in [0, 0.1) is 17.3 Å². The number of rotatable bonds is 6. The second-order valence-corrected chi connectivity index (χ2v) is 7.39. The zero-order chi connectivity index (χ0) is 16.2. The highest BCUT2D eigenvalue weighted by Gasteiger charge is 2.54. The molecule has 2 rings (SSSR count). The van der Waals surface area contributed by atoms with Crippen molar-refractivity contribution >= 4 is 28.6 Å². The van der Waals surface area contributed by atoms with Crippen LogP contribution in [0.3, 0.4) is 0 Å². The number of hydrogen-bond donors (Lipinski definition) is 0. The quantitative estimate of drug-likeness (QED) is 0.372. The second-order valence-electron chi connectivity index (χ2n) is 6.31. The Balaban J connectivity index is 2.33. The summed E-state index contributed by atoms with van der Waals surface area (Å²) in [5.41, 5.74) is 0.00263. The zero-order valence-electron chi connectivity index (χ0n) is 13.7. The summed E-state index contributed by atoms with van der Waals surface area (Å²) < 4.78 is 23.6. The van der Waals surface area contributed by atoms with Gasteiger partial charge in [-0.1, -0.05) is 29.5 Å². The van der Waals surface area contributed by atoms with E-state index >= 15 is 0 Å². The third-order valence-electron chi connectivity index (χ3n) is 5.05. The molecule has 2 fully saturated rings. The molecular formula is C16H27IO5. The molecule has 0 aromatic rings. The molecule has 1 saturated heterocycles. The molecule has 1 aliphatic carbocycles. The Hall–Kier alpha value is 0.0800. The SMILES string of the molecule is CCO[C@H]1CC[C@@](C)(CCI)[C@@H](C2OCCO2)[C@H]1C(=O)OC. The Labute approximate surface area is 146 Å². The Bertz CT molecular complexity index is 372. The minimum atomic E-state index is -0.333. The van der Waals surface area contributed by atoms with Gasteiger partial charge >= 0.3 is 5.97 Å². The van der Waals surface area contributed by atoms with Crippen LogP contribution in [0.2, 0.25) is 0 Å². The molecule has 1 heterocycles. The van der Waals surface area contributed by atoms with Crippen molar-refractivity contribution in [2.24, 2.45) is 17.3 Å². The predicted molar refractivity (Wildman–Crippen MR) is 90.9 cm³/mol. The van der Waals surface area contributed by atoms with E-state index < -0.39 is 0 Å². The molecule has 2 aliphatic rings. The van der Waals surface area contributed by atoms with Crippen LogP contribution < -0.4 is 0 Å². The molecular weight excluding hydrogens is 399 g/mol. The van der Waals surface area contributed by atoms with Crippen molar-refractivity contribution in [3.63, 3.8) is 0 Å². The van der Waals surface area contributed by atoms with E-state index in [9.17, 15) is 4.79 Å². The number of hydrogen-bond acceptors (Lipinski definition) is 5. The fourth-order valence-corrected chi connectivity index (χ4v) is 5.14. The molecule has 5 nitrogen and oxygen atoms in total. The molecule has 0 radical (unpaired) electrons. The maximum Gasteiger partial charge on any atom is 0.311 e. The molecule has 6 heteroatoms. The summed E-state index contributed by atoms with van der Waals surface area (Å²) in [5.74, 6) is -0.556. The first-order valence-corrected chi connectivity index (χ1v) is 9.58. The molecule has 0 amide bonds. The Morgan fingerprint density at radius 3 is 2.59 bits per heavy atom. The average Bonchev–Trinajstić information content (AvgIpc) is 3.02. The Morgan fingerprint density at radius 2 is 2.05 bits per heavy atom. The first-order valence-electron chi connectivity index (χ1n) is 8.06. The summed E-state index contributed by atoms with van der Waals surface area (Å²) in [6.45, 7) is 5.99. The minimum absolute atomic E-state index is 0.00263. The van der Waals surface area contributed by atoms with Crippen LogP contribution in [0.5, 0.6) is 0 Å². The fourth-order valence-electron chi connectivity index (χ4n) is 3.91. The van der Waals surface area contributed by atoms with Crippen molar-refractivity contribution in [2.45, 2.75) is 45.5 Å². The lowest BCUT2D eigenvalue weighted by molar-refractivity contribution is -0.199. The molecule has 128 valence electrons. The van der Waals surface area contributed by atoms with E-state index in [1.165, 1.54) is 7.11 Å². The number of ether oxygens (including phenoxy) is 4. The van der Waals surface area contributed by atoms with Crippen LogP contribution in [0.25, 0.3) is 0 Å². The van der Waals surface area contributed by atoms with E-state index in [0.717, 1.165) is 23.7 Å². The first kappa shape index (κ1) is 18.4. The molecule has 0 aromatic heterocycles. The summed E-state index contributed by atoms with van der Waals surface area (Å²) in [4.78, 5) is 12.5. The topological polar surface area (TPSA) is 54.0 Å². The van der Waals surface area contributed by atoms with Crippen molar-refractivity contribution in [3.8, 4) is 0 Å². The lowest BCUT2D eigenvalue weighted by Gasteiger charge is -2.49. The molecule has 1 aliphatic heterocycles. The van der Waals surface area contributed by atoms with Crippen molar-refractivity contribution < 1.29 is 23.7 Å². The average molecular weight is 426 g/mol. The van der Waals surface area contributed by atoms with Crippen LogP contribution >= 0.6 is 22.6 Å². The molecule has 4 atom stereocenters. The van der Waals surface area contributed by atoms with Crippen molar-refractivity contribution in [1.29, 1.82) is 0 Å². The first-order chi connectivity index (χ1) is 10.6. The van der Waals surface area contributed by atoms with Crippen molar-refractivity contribution in [2.75, 3.05) is 31.4 Å². The van der Waals surface area contributed by atoms with Gasteiger partial charge in [-0.3, -0.25) is 4.79 Å². The maximum absolute atomic E-state index is 12.5. The van der Waals surface area contributed by atoms with Gasteiger partial charge in [-0.2, -0.15) is 0 Å². The van der Waals surface area contributed by atoms with Gasteiger partial charge in [0.1, 0.15) is 0 Å². The van der Waals surface area contributed by atoms with Crippen LogP contribution in [-0.4, -0.2) is 49.7 Å². The minimum Gasteiger partial charge on any atom is -0.469 e. The highest BCUT2D eigenvalue weighted by molar-refractivity contribution is 14.1. The van der Waals surface area contributed by atoms with E-state index in [1.54, 1.807) is 0 Å². The third-order valence-corrected chi connectivity index (χ3v) is 5.59. The van der Waals surface area contributed by atoms with Crippen molar-refractivity contribution in [1.82, 2.24) is 0 Å². The summed E-state index contributed by atoms with van der Waals surface area (Å²) in [6.07, 6.45) is 2.48. The van der Waals surface area contributed by atoms with E-state index in [1.807, 2.05) is 6.92 Å². The van der Waals surface area contributed by atoms with Gasteiger partial charge in [-0.05, 0) is 31.6 Å². The number of methoxy groups -OCH3 is 1. The van der Waals surface area contributed by atoms with Crippen LogP contribution in [-0.2, 0) is 23.7 Å². The van der Waals surface area contributed by atoms with Gasteiger partial charge in [-0.15, -0.1) is 0 Å². The predicted octanol–water partition coefficient (Wildman–Crippen LogP) is 2.80. The van der Waals surface area contributed by atoms with Gasteiger partial charge in [0, 0.05) is 17.0 Å². The van der Waals surface area contributed by atoms with E-state index in [0.29, 0.717) is 19.8 Å². The molecule has 22 heavy (non-hydrogen) atoms. The number of alkyl halides is 1. The Morgan fingerprint density at radius 1 is 1.36 bits per heavy atom. The van der Waals surface area contributed by atoms with Gasteiger partial charge in [-0.25, -0.2) is 0 Å². The Kier molecular flexibility index (Phi) is 6.91. The van der Waals surface area contributed by atoms with Crippen LogP contribution in [0.4, 0.5) is 0 Å². The smallest absolute Gasteiger partial charge is 0.311 e. The summed E-state index contributed by atoms with van der Waals surface area (Å²) >= 11 is 2.40. The largest absolute Gasteiger partial charge is 0.469 e. The zero-order valence-corrected chi connectivity index (χ0v) is 15.8. The number of esters is 1. The normalized spacial score (nSPS) is 36.5. The standard InChI is InChI=1S/C16H27IO5/c1-4-20-11-5-6-16(2,7-8-17)13(12(11)14(18)19-3)15-21-9-10-22-15/h11-13,15H,4-10H2,1-3H3/t11-,12-,13+,16-/m0/s1. The summed E-state index contributed by atoms with van der Waals surface area (Å²) in [5, 5.41) is 0. The van der Waals surface area contributed by atoms with Gasteiger partial charge in [0.25, 0.3) is 0 Å². The molecule has 0 unspecified atom stereocenters. The monoisotopic (exact) mass is 426 g/mol. The fraction of sp³-hybridized carbons (Fsp3) is 0.938. The van der Waals surface area contributed by atoms with Crippen molar-refractivity contribution in [3.05, 3.63) is 0 Å². The second kappa shape index (κ2) is 8.26. The molecule has 0 spiro atoms. The van der Waals surface area contributed by atoms with Gasteiger partial charge in [0.05, 0.1) is 32.3 Å². The molecule has 1 saturated carbocycles. The van der Waals surface area contributed by atoms with Crippen LogP contribution in [0.1, 0.15) is 33.1 Å². The molecule has 0 bridgehead atoms. The maximum atomic E-state index is 12.5. The van der Waals surface area contributed by atoms with Gasteiger partial charge < -0.3 is 18.9 Å². The molecule has 0 N–H and O–H groups in total. The summed E-state index contributed by atoms with van der Waals surface area (Å²) in [7, 11) is 1.45. The van der Waals surface area contributed by atoms with Gasteiger partial charge in [0.15, 0.2) is 6.29 Å². The lowest BCUT2D eigenvalue weighted by atomic mass is 9.60. The lowest BCUT2D eigenvalue weighted by Crippen LogP contribution is -2.53. The van der Waals surface area contributed by atoms with E-state index in [2.05, 4.69) is 29.5 Å². The van der Waals surface area contributed by atoms with E-state index in [4.69, 9.17) is 18.9 Å². The van der Waals surface area contributed by atoms with Crippen LogP contribution in [0.15, 0.2) is 0 Å². The highest BCUT2D eigenvalue weighted by atomic mass is 127. The summed E-state index contributed by atoms with van der Waals surface area (Å²) in [6, 6.07) is 0. The van der Waals surface area contributed by atoms with Gasteiger partial charge in [0.2, 0.25) is 0 Å². The molecule has 0 aromatic carbocycles.